The fourth-order valence-corrected chi connectivity index (χ4v) is 1.98. The average molecular weight is 262 g/mol. The number of hydrogen-bond donors (Lipinski definition) is 0. The highest BCUT2D eigenvalue weighted by molar-refractivity contribution is 5.43. The summed E-state index contributed by atoms with van der Waals surface area (Å²) in [4.78, 5) is 0. The van der Waals surface area contributed by atoms with Gasteiger partial charge < -0.3 is 9.47 Å². The minimum Gasteiger partial charge on any atom is -0.497 e. The maximum Gasteiger partial charge on any atom is 0.122 e. The predicted octanol–water partition coefficient (Wildman–Crippen LogP) is 4.73. The number of rotatable bonds is 7. The smallest absolute Gasteiger partial charge is 0.122 e. The Morgan fingerprint density at radius 2 is 1.63 bits per heavy atom. The third-order valence-corrected chi connectivity index (χ3v) is 3.35. The molecule has 1 aromatic rings. The molecular formula is C17H26O2. The van der Waals surface area contributed by atoms with E-state index in [0.717, 1.165) is 17.9 Å². The standard InChI is InChI=1S/C17H26O2/c1-6-7-8-9-10-17(2,3)14-11-15(18-4)13-16(12-14)19-5/h9-13H,6-8H2,1-5H3/b10-9-. The fraction of sp³-hybridized carbons (Fsp3) is 0.529. The largest absolute Gasteiger partial charge is 0.497 e. The molecule has 0 heterocycles. The molecule has 106 valence electrons. The van der Waals surface area contributed by atoms with E-state index in [0.29, 0.717) is 0 Å². The lowest BCUT2D eigenvalue weighted by molar-refractivity contribution is 0.392. The molecule has 0 bridgehead atoms. The van der Waals surface area contributed by atoms with Crippen molar-refractivity contribution in [1.29, 1.82) is 0 Å². The summed E-state index contributed by atoms with van der Waals surface area (Å²) >= 11 is 0. The molecule has 0 saturated heterocycles. The highest BCUT2D eigenvalue weighted by Gasteiger charge is 2.18. The van der Waals surface area contributed by atoms with Crippen molar-refractivity contribution in [2.45, 2.75) is 45.4 Å². The first-order chi connectivity index (χ1) is 9.03. The lowest BCUT2D eigenvalue weighted by Crippen LogP contribution is -2.13. The molecule has 2 heteroatoms. The molecule has 0 fully saturated rings. The molecule has 0 aliphatic heterocycles. The molecule has 2 nitrogen and oxygen atoms in total. The van der Waals surface area contributed by atoms with Crippen LogP contribution in [0.15, 0.2) is 30.4 Å². The molecule has 1 rings (SSSR count). The van der Waals surface area contributed by atoms with Crippen molar-refractivity contribution in [3.8, 4) is 11.5 Å². The zero-order valence-corrected chi connectivity index (χ0v) is 12.8. The van der Waals surface area contributed by atoms with Crippen LogP contribution in [-0.2, 0) is 5.41 Å². The molecule has 0 spiro atoms. The van der Waals surface area contributed by atoms with Gasteiger partial charge in [0.2, 0.25) is 0 Å². The van der Waals surface area contributed by atoms with E-state index in [2.05, 4.69) is 45.1 Å². The Hall–Kier alpha value is -1.44. The van der Waals surface area contributed by atoms with Crippen molar-refractivity contribution >= 4 is 0 Å². The van der Waals surface area contributed by atoms with Crippen LogP contribution in [0.4, 0.5) is 0 Å². The maximum absolute atomic E-state index is 5.33. The highest BCUT2D eigenvalue weighted by atomic mass is 16.5. The number of ether oxygens (including phenoxy) is 2. The Balaban J connectivity index is 2.95. The lowest BCUT2D eigenvalue weighted by Gasteiger charge is -2.22. The highest BCUT2D eigenvalue weighted by Crippen LogP contribution is 2.32. The van der Waals surface area contributed by atoms with Crippen LogP contribution >= 0.6 is 0 Å². The predicted molar refractivity (Wildman–Crippen MR) is 81.2 cm³/mol. The van der Waals surface area contributed by atoms with Crippen LogP contribution in [0.25, 0.3) is 0 Å². The van der Waals surface area contributed by atoms with Crippen LogP contribution in [0.1, 0.15) is 45.6 Å². The third-order valence-electron chi connectivity index (χ3n) is 3.35. The first-order valence-corrected chi connectivity index (χ1v) is 6.94. The maximum atomic E-state index is 5.33. The van der Waals surface area contributed by atoms with E-state index in [1.165, 1.54) is 18.4 Å². The third kappa shape index (κ3) is 4.62. The lowest BCUT2D eigenvalue weighted by atomic mass is 9.84. The van der Waals surface area contributed by atoms with E-state index in [-0.39, 0.29) is 5.41 Å². The van der Waals surface area contributed by atoms with Gasteiger partial charge in [0, 0.05) is 11.5 Å². The van der Waals surface area contributed by atoms with Gasteiger partial charge in [-0.3, -0.25) is 0 Å². The number of methoxy groups -OCH3 is 2. The minimum atomic E-state index is -0.0183. The van der Waals surface area contributed by atoms with Gasteiger partial charge in [0.1, 0.15) is 11.5 Å². The Morgan fingerprint density at radius 3 is 2.11 bits per heavy atom. The van der Waals surface area contributed by atoms with Gasteiger partial charge in [-0.05, 0) is 24.1 Å². The minimum absolute atomic E-state index is 0.0183. The number of unbranched alkanes of at least 4 members (excludes halogenated alkanes) is 2. The zero-order valence-electron chi connectivity index (χ0n) is 12.8. The second-order valence-electron chi connectivity index (χ2n) is 5.37. The van der Waals surface area contributed by atoms with Crippen molar-refractivity contribution in [3.63, 3.8) is 0 Å². The number of benzene rings is 1. The summed E-state index contributed by atoms with van der Waals surface area (Å²) in [6, 6.07) is 6.06. The summed E-state index contributed by atoms with van der Waals surface area (Å²) in [6.45, 7) is 6.64. The number of hydrogen-bond acceptors (Lipinski definition) is 2. The first kappa shape index (κ1) is 15.6. The van der Waals surface area contributed by atoms with Gasteiger partial charge in [0.05, 0.1) is 14.2 Å². The van der Waals surface area contributed by atoms with Gasteiger partial charge in [-0.2, -0.15) is 0 Å². The van der Waals surface area contributed by atoms with E-state index >= 15 is 0 Å². The van der Waals surface area contributed by atoms with Crippen LogP contribution in [0, 0.1) is 0 Å². The molecule has 0 atom stereocenters. The quantitative estimate of drug-likeness (QED) is 0.522. The summed E-state index contributed by atoms with van der Waals surface area (Å²) in [6.07, 6.45) is 8.17. The van der Waals surface area contributed by atoms with Crippen LogP contribution in [0.2, 0.25) is 0 Å². The second kappa shape index (κ2) is 7.22. The molecule has 0 amide bonds. The molecule has 0 N–H and O–H groups in total. The Bertz CT molecular complexity index is 397. The van der Waals surface area contributed by atoms with Crippen molar-refractivity contribution in [2.24, 2.45) is 0 Å². The van der Waals surface area contributed by atoms with E-state index in [1.54, 1.807) is 14.2 Å². The Labute approximate surface area is 117 Å². The van der Waals surface area contributed by atoms with Gasteiger partial charge in [0.15, 0.2) is 0 Å². The molecular weight excluding hydrogens is 236 g/mol. The van der Waals surface area contributed by atoms with E-state index in [4.69, 9.17) is 9.47 Å². The summed E-state index contributed by atoms with van der Waals surface area (Å²) in [7, 11) is 3.37. The van der Waals surface area contributed by atoms with Crippen LogP contribution < -0.4 is 9.47 Å². The molecule has 19 heavy (non-hydrogen) atoms. The summed E-state index contributed by atoms with van der Waals surface area (Å²) < 4.78 is 10.7. The van der Waals surface area contributed by atoms with Gasteiger partial charge in [0.25, 0.3) is 0 Å². The van der Waals surface area contributed by atoms with Crippen LogP contribution in [-0.4, -0.2) is 14.2 Å². The zero-order chi connectivity index (χ0) is 14.3. The van der Waals surface area contributed by atoms with Crippen LogP contribution in [0.5, 0.6) is 11.5 Å². The molecule has 0 unspecified atom stereocenters. The Kier molecular flexibility index (Phi) is 5.94. The summed E-state index contributed by atoms with van der Waals surface area (Å²) in [5, 5.41) is 0. The van der Waals surface area contributed by atoms with Gasteiger partial charge in [-0.25, -0.2) is 0 Å². The molecule has 1 aromatic carbocycles. The van der Waals surface area contributed by atoms with Crippen molar-refractivity contribution in [1.82, 2.24) is 0 Å². The van der Waals surface area contributed by atoms with Gasteiger partial charge in [-0.1, -0.05) is 45.8 Å². The molecule has 0 aromatic heterocycles. The monoisotopic (exact) mass is 262 g/mol. The second-order valence-corrected chi connectivity index (χ2v) is 5.37. The van der Waals surface area contributed by atoms with E-state index < -0.39 is 0 Å². The topological polar surface area (TPSA) is 18.5 Å². The van der Waals surface area contributed by atoms with Crippen LogP contribution in [0.3, 0.4) is 0 Å². The molecule has 0 aliphatic carbocycles. The van der Waals surface area contributed by atoms with Crippen molar-refractivity contribution < 1.29 is 9.47 Å². The van der Waals surface area contributed by atoms with Gasteiger partial charge in [-0.15, -0.1) is 0 Å². The fourth-order valence-electron chi connectivity index (χ4n) is 1.98. The van der Waals surface area contributed by atoms with Gasteiger partial charge >= 0.3 is 0 Å². The average Bonchev–Trinajstić information content (AvgIpc) is 2.43. The molecule has 0 aliphatic rings. The molecule has 0 saturated carbocycles. The van der Waals surface area contributed by atoms with E-state index in [9.17, 15) is 0 Å². The Morgan fingerprint density at radius 1 is 1.05 bits per heavy atom. The van der Waals surface area contributed by atoms with Crippen molar-refractivity contribution in [2.75, 3.05) is 14.2 Å². The SMILES string of the molecule is CCCC/C=C\C(C)(C)c1cc(OC)cc(OC)c1. The van der Waals surface area contributed by atoms with E-state index in [1.807, 2.05) is 6.07 Å². The normalized spacial score (nSPS) is 11.8. The summed E-state index contributed by atoms with van der Waals surface area (Å²) in [5.41, 5.74) is 1.19. The first-order valence-electron chi connectivity index (χ1n) is 6.94. The summed E-state index contributed by atoms with van der Waals surface area (Å²) in [5.74, 6) is 1.67. The number of allylic oxidation sites excluding steroid dienone is 2. The van der Waals surface area contributed by atoms with Crippen molar-refractivity contribution in [3.05, 3.63) is 35.9 Å². The molecule has 0 radical (unpaired) electrons.